The molecule has 1 aliphatic heterocycles. The van der Waals surface area contributed by atoms with E-state index in [1.165, 1.54) is 0 Å². The average molecular weight is 263 g/mol. The van der Waals surface area contributed by atoms with Gasteiger partial charge >= 0.3 is 5.97 Å². The smallest absolute Gasteiger partial charge is 0.303 e. The predicted molar refractivity (Wildman–Crippen MR) is 70.2 cm³/mol. The lowest BCUT2D eigenvalue weighted by Crippen LogP contribution is -2.50. The maximum atomic E-state index is 12.2. The zero-order valence-electron chi connectivity index (χ0n) is 11.0. The van der Waals surface area contributed by atoms with E-state index < -0.39 is 5.97 Å². The fourth-order valence-corrected chi connectivity index (χ4v) is 2.09. The first kappa shape index (κ1) is 13.3. The zero-order valence-corrected chi connectivity index (χ0v) is 11.0. The van der Waals surface area contributed by atoms with Crippen LogP contribution in [-0.4, -0.2) is 54.1 Å². The highest BCUT2D eigenvalue weighted by Gasteiger charge is 2.32. The fraction of sp³-hybridized carbons (Fsp3) is 0.462. The van der Waals surface area contributed by atoms with Gasteiger partial charge in [0.2, 0.25) is 0 Å². The zero-order chi connectivity index (χ0) is 14.0. The first-order valence-corrected chi connectivity index (χ1v) is 6.12. The van der Waals surface area contributed by atoms with Crippen molar-refractivity contribution < 1.29 is 14.7 Å². The van der Waals surface area contributed by atoms with Crippen molar-refractivity contribution in [3.63, 3.8) is 0 Å². The topological polar surface area (TPSA) is 73.7 Å². The molecule has 6 heteroatoms. The number of aromatic nitrogens is 1. The summed E-state index contributed by atoms with van der Waals surface area (Å²) in [5.74, 6) is -0.0619. The number of hydrogen-bond acceptors (Lipinski definition) is 4. The number of rotatable bonds is 4. The minimum absolute atomic E-state index is 0.0628. The summed E-state index contributed by atoms with van der Waals surface area (Å²) in [4.78, 5) is 30.4. The number of carboxylic acids is 1. The van der Waals surface area contributed by atoms with Crippen LogP contribution in [0.15, 0.2) is 18.3 Å². The Hall–Kier alpha value is -2.11. The molecule has 0 aliphatic carbocycles. The predicted octanol–water partition coefficient (Wildman–Crippen LogP) is 0.694. The number of aliphatic carboxylic acids is 1. The SMILES string of the molecule is CN(C)c1cc(C(=O)N2CC(CC(=O)O)C2)ccn1. The van der Waals surface area contributed by atoms with Gasteiger partial charge in [0.15, 0.2) is 0 Å². The third-order valence-electron chi connectivity index (χ3n) is 3.16. The minimum Gasteiger partial charge on any atom is -0.481 e. The number of nitrogens with zero attached hydrogens (tertiary/aromatic N) is 3. The van der Waals surface area contributed by atoms with Crippen LogP contribution in [0.2, 0.25) is 0 Å². The van der Waals surface area contributed by atoms with Gasteiger partial charge in [0.05, 0.1) is 6.42 Å². The molecular formula is C13H17N3O3. The highest BCUT2D eigenvalue weighted by molar-refractivity contribution is 5.95. The van der Waals surface area contributed by atoms with Gasteiger partial charge in [0, 0.05) is 44.9 Å². The van der Waals surface area contributed by atoms with Crippen molar-refractivity contribution in [3.8, 4) is 0 Å². The number of likely N-dealkylation sites (tertiary alicyclic amines) is 1. The Kier molecular flexibility index (Phi) is 3.69. The second-order valence-corrected chi connectivity index (χ2v) is 4.97. The van der Waals surface area contributed by atoms with Gasteiger partial charge in [-0.05, 0) is 12.1 Å². The lowest BCUT2D eigenvalue weighted by Gasteiger charge is -2.38. The van der Waals surface area contributed by atoms with E-state index in [0.29, 0.717) is 18.7 Å². The Bertz CT molecular complexity index is 496. The van der Waals surface area contributed by atoms with Gasteiger partial charge < -0.3 is 14.9 Å². The number of amides is 1. The number of hydrogen-bond donors (Lipinski definition) is 1. The van der Waals surface area contributed by atoms with Gasteiger partial charge in [-0.15, -0.1) is 0 Å². The summed E-state index contributed by atoms with van der Waals surface area (Å²) >= 11 is 0. The Morgan fingerprint density at radius 2 is 2.16 bits per heavy atom. The first-order chi connectivity index (χ1) is 8.97. The molecule has 0 radical (unpaired) electrons. The molecule has 1 fully saturated rings. The standard InChI is InChI=1S/C13H17N3O3/c1-15(2)11-6-10(3-4-14-11)13(19)16-7-9(8-16)5-12(17)18/h3-4,6,9H,5,7-8H2,1-2H3,(H,17,18). The number of anilines is 1. The Labute approximate surface area is 111 Å². The van der Waals surface area contributed by atoms with E-state index in [-0.39, 0.29) is 18.2 Å². The van der Waals surface area contributed by atoms with E-state index in [9.17, 15) is 9.59 Å². The van der Waals surface area contributed by atoms with Gasteiger partial charge in [-0.1, -0.05) is 0 Å². The molecule has 0 aromatic carbocycles. The second kappa shape index (κ2) is 5.26. The van der Waals surface area contributed by atoms with Crippen LogP contribution in [-0.2, 0) is 4.79 Å². The van der Waals surface area contributed by atoms with Crippen LogP contribution in [0.3, 0.4) is 0 Å². The number of pyridine rings is 1. The van der Waals surface area contributed by atoms with E-state index in [0.717, 1.165) is 5.82 Å². The van der Waals surface area contributed by atoms with Crippen LogP contribution < -0.4 is 4.90 Å². The lowest BCUT2D eigenvalue weighted by atomic mass is 9.95. The largest absolute Gasteiger partial charge is 0.481 e. The van der Waals surface area contributed by atoms with Crippen LogP contribution in [0.1, 0.15) is 16.8 Å². The Balaban J connectivity index is 1.98. The molecule has 1 aromatic heterocycles. The maximum Gasteiger partial charge on any atom is 0.303 e. The molecule has 1 aliphatic rings. The molecule has 1 aromatic rings. The number of carbonyl (C=O) groups is 2. The minimum atomic E-state index is -0.809. The molecule has 19 heavy (non-hydrogen) atoms. The summed E-state index contributed by atoms with van der Waals surface area (Å²) in [6, 6.07) is 3.42. The molecule has 0 atom stereocenters. The monoisotopic (exact) mass is 263 g/mol. The molecule has 1 N–H and O–H groups in total. The Morgan fingerprint density at radius 1 is 1.47 bits per heavy atom. The van der Waals surface area contributed by atoms with Gasteiger partial charge in [-0.3, -0.25) is 9.59 Å². The quantitative estimate of drug-likeness (QED) is 0.865. The Morgan fingerprint density at radius 3 is 2.74 bits per heavy atom. The molecule has 102 valence electrons. The highest BCUT2D eigenvalue weighted by Crippen LogP contribution is 2.22. The van der Waals surface area contributed by atoms with Crippen LogP contribution in [0.5, 0.6) is 0 Å². The van der Waals surface area contributed by atoms with Crippen molar-refractivity contribution in [1.29, 1.82) is 0 Å². The van der Waals surface area contributed by atoms with Crippen LogP contribution in [0.25, 0.3) is 0 Å². The molecule has 6 nitrogen and oxygen atoms in total. The van der Waals surface area contributed by atoms with Crippen molar-refractivity contribution >= 4 is 17.7 Å². The third kappa shape index (κ3) is 3.01. The van der Waals surface area contributed by atoms with Gasteiger partial charge in [0.25, 0.3) is 5.91 Å². The van der Waals surface area contributed by atoms with E-state index in [2.05, 4.69) is 4.98 Å². The van der Waals surface area contributed by atoms with E-state index in [1.54, 1.807) is 23.2 Å². The maximum absolute atomic E-state index is 12.2. The fourth-order valence-electron chi connectivity index (χ4n) is 2.09. The van der Waals surface area contributed by atoms with Crippen molar-refractivity contribution in [2.45, 2.75) is 6.42 Å². The van der Waals surface area contributed by atoms with E-state index >= 15 is 0 Å². The number of carbonyl (C=O) groups excluding carboxylic acids is 1. The lowest BCUT2D eigenvalue weighted by molar-refractivity contribution is -0.139. The van der Waals surface area contributed by atoms with Crippen LogP contribution in [0.4, 0.5) is 5.82 Å². The van der Waals surface area contributed by atoms with E-state index in [4.69, 9.17) is 5.11 Å². The summed E-state index contributed by atoms with van der Waals surface area (Å²) < 4.78 is 0. The average Bonchev–Trinajstić information content (AvgIpc) is 2.32. The molecule has 0 spiro atoms. The van der Waals surface area contributed by atoms with Gasteiger partial charge in [0.1, 0.15) is 5.82 Å². The normalized spacial score (nSPS) is 14.9. The van der Waals surface area contributed by atoms with Gasteiger partial charge in [-0.25, -0.2) is 4.98 Å². The van der Waals surface area contributed by atoms with Crippen molar-refractivity contribution in [2.75, 3.05) is 32.1 Å². The molecule has 1 amide bonds. The summed E-state index contributed by atoms with van der Waals surface area (Å²) in [5, 5.41) is 8.67. The van der Waals surface area contributed by atoms with Gasteiger partial charge in [-0.2, -0.15) is 0 Å². The summed E-state index contributed by atoms with van der Waals surface area (Å²) in [7, 11) is 3.73. The van der Waals surface area contributed by atoms with Crippen molar-refractivity contribution in [2.24, 2.45) is 5.92 Å². The van der Waals surface area contributed by atoms with Crippen LogP contribution in [0, 0.1) is 5.92 Å². The summed E-state index contributed by atoms with van der Waals surface area (Å²) in [5.41, 5.74) is 0.590. The molecule has 0 unspecified atom stereocenters. The molecule has 1 saturated heterocycles. The van der Waals surface area contributed by atoms with E-state index in [1.807, 2.05) is 19.0 Å². The third-order valence-corrected chi connectivity index (χ3v) is 3.16. The molecule has 0 saturated carbocycles. The molecular weight excluding hydrogens is 246 g/mol. The summed E-state index contributed by atoms with van der Waals surface area (Å²) in [6.07, 6.45) is 1.74. The molecule has 2 heterocycles. The second-order valence-electron chi connectivity index (χ2n) is 4.97. The summed E-state index contributed by atoms with van der Waals surface area (Å²) in [6.45, 7) is 1.04. The molecule has 2 rings (SSSR count). The number of carboxylic acid groups (broad SMARTS) is 1. The van der Waals surface area contributed by atoms with Crippen molar-refractivity contribution in [1.82, 2.24) is 9.88 Å². The first-order valence-electron chi connectivity index (χ1n) is 6.12. The van der Waals surface area contributed by atoms with Crippen LogP contribution >= 0.6 is 0 Å². The van der Waals surface area contributed by atoms with Crippen molar-refractivity contribution in [3.05, 3.63) is 23.9 Å². The molecule has 0 bridgehead atoms. The highest BCUT2D eigenvalue weighted by atomic mass is 16.4.